The van der Waals surface area contributed by atoms with Crippen molar-refractivity contribution in [3.05, 3.63) is 24.2 Å². The number of amides is 1. The maximum Gasteiger partial charge on any atom is 0.326 e. The van der Waals surface area contributed by atoms with E-state index in [4.69, 9.17) is 4.42 Å². The van der Waals surface area contributed by atoms with Crippen LogP contribution >= 0.6 is 0 Å². The molecule has 0 saturated carbocycles. The number of piperidine rings is 1. The van der Waals surface area contributed by atoms with Crippen LogP contribution in [0.15, 0.2) is 22.8 Å². The average Bonchev–Trinajstić information content (AvgIpc) is 2.88. The van der Waals surface area contributed by atoms with Gasteiger partial charge in [0.25, 0.3) is 0 Å². The van der Waals surface area contributed by atoms with Gasteiger partial charge in [-0.15, -0.1) is 0 Å². The third-order valence-electron chi connectivity index (χ3n) is 3.67. The average molecular weight is 265 g/mol. The van der Waals surface area contributed by atoms with Crippen molar-refractivity contribution in [3.63, 3.8) is 0 Å². The van der Waals surface area contributed by atoms with Crippen molar-refractivity contribution in [2.45, 2.75) is 38.6 Å². The van der Waals surface area contributed by atoms with Gasteiger partial charge in [0, 0.05) is 19.4 Å². The summed E-state index contributed by atoms with van der Waals surface area (Å²) in [7, 11) is 0. The Labute approximate surface area is 112 Å². The monoisotopic (exact) mass is 265 g/mol. The number of rotatable bonds is 4. The molecule has 2 heterocycles. The summed E-state index contributed by atoms with van der Waals surface area (Å²) in [5, 5.41) is 9.27. The van der Waals surface area contributed by atoms with Crippen molar-refractivity contribution >= 4 is 11.9 Å². The van der Waals surface area contributed by atoms with Crippen LogP contribution in [0, 0.1) is 5.92 Å². The number of aryl methyl sites for hydroxylation is 1. The number of hydrogen-bond acceptors (Lipinski definition) is 3. The Hall–Kier alpha value is -1.78. The SMILES string of the molecule is CC1CCCN(C(=O)CCc2ccco2)C1C(=O)O. The van der Waals surface area contributed by atoms with Gasteiger partial charge in [-0.1, -0.05) is 6.92 Å². The van der Waals surface area contributed by atoms with E-state index >= 15 is 0 Å². The predicted molar refractivity (Wildman–Crippen MR) is 68.6 cm³/mol. The summed E-state index contributed by atoms with van der Waals surface area (Å²) in [4.78, 5) is 25.0. The Morgan fingerprint density at radius 3 is 2.95 bits per heavy atom. The first kappa shape index (κ1) is 13.6. The van der Waals surface area contributed by atoms with Gasteiger partial charge in [0.05, 0.1) is 6.26 Å². The normalized spacial score (nSPS) is 23.3. The maximum absolute atomic E-state index is 12.2. The molecular weight excluding hydrogens is 246 g/mol. The molecule has 5 nitrogen and oxygen atoms in total. The highest BCUT2D eigenvalue weighted by Crippen LogP contribution is 2.24. The predicted octanol–water partition coefficient (Wildman–Crippen LogP) is 1.92. The molecule has 1 aliphatic rings. The van der Waals surface area contributed by atoms with Crippen molar-refractivity contribution in [1.29, 1.82) is 0 Å². The minimum Gasteiger partial charge on any atom is -0.480 e. The van der Waals surface area contributed by atoms with E-state index in [1.54, 1.807) is 12.3 Å². The van der Waals surface area contributed by atoms with E-state index in [1.807, 2.05) is 13.0 Å². The standard InChI is InChI=1S/C14H19NO4/c1-10-4-2-8-15(13(10)14(17)18)12(16)7-6-11-5-3-9-19-11/h3,5,9-10,13H,2,4,6-8H2,1H3,(H,17,18). The lowest BCUT2D eigenvalue weighted by molar-refractivity contribution is -0.154. The van der Waals surface area contributed by atoms with E-state index in [0.29, 0.717) is 19.4 Å². The smallest absolute Gasteiger partial charge is 0.326 e. The number of furan rings is 1. The molecule has 1 saturated heterocycles. The molecule has 2 atom stereocenters. The highest BCUT2D eigenvalue weighted by molar-refractivity contribution is 5.84. The number of hydrogen-bond donors (Lipinski definition) is 1. The quantitative estimate of drug-likeness (QED) is 0.903. The van der Waals surface area contributed by atoms with Gasteiger partial charge in [-0.25, -0.2) is 4.79 Å². The van der Waals surface area contributed by atoms with Crippen LogP contribution in [0.4, 0.5) is 0 Å². The van der Waals surface area contributed by atoms with E-state index in [0.717, 1.165) is 18.6 Å². The molecule has 19 heavy (non-hydrogen) atoms. The number of likely N-dealkylation sites (tertiary alicyclic amines) is 1. The van der Waals surface area contributed by atoms with E-state index in [1.165, 1.54) is 4.90 Å². The first-order valence-corrected chi connectivity index (χ1v) is 6.64. The van der Waals surface area contributed by atoms with Gasteiger partial charge in [-0.2, -0.15) is 0 Å². The van der Waals surface area contributed by atoms with Crippen molar-refractivity contribution < 1.29 is 19.1 Å². The second-order valence-electron chi connectivity index (χ2n) is 5.07. The lowest BCUT2D eigenvalue weighted by atomic mass is 9.90. The summed E-state index contributed by atoms with van der Waals surface area (Å²) in [6.07, 6.45) is 4.12. The Morgan fingerprint density at radius 2 is 2.32 bits per heavy atom. The molecule has 1 N–H and O–H groups in total. The fraction of sp³-hybridized carbons (Fsp3) is 0.571. The van der Waals surface area contributed by atoms with Crippen LogP contribution in [-0.2, 0) is 16.0 Å². The van der Waals surface area contributed by atoms with Crippen LogP contribution in [0.2, 0.25) is 0 Å². The first-order valence-electron chi connectivity index (χ1n) is 6.64. The molecule has 0 radical (unpaired) electrons. The molecule has 0 spiro atoms. The minimum atomic E-state index is -0.904. The molecule has 1 fully saturated rings. The highest BCUT2D eigenvalue weighted by Gasteiger charge is 2.36. The van der Waals surface area contributed by atoms with Crippen LogP contribution < -0.4 is 0 Å². The Kier molecular flexibility index (Phi) is 4.24. The number of carboxylic acids is 1. The third-order valence-corrected chi connectivity index (χ3v) is 3.67. The highest BCUT2D eigenvalue weighted by atomic mass is 16.4. The Bertz CT molecular complexity index is 440. The molecule has 1 aromatic heterocycles. The van der Waals surface area contributed by atoms with Crippen LogP contribution in [0.1, 0.15) is 31.9 Å². The summed E-state index contributed by atoms with van der Waals surface area (Å²) in [5.41, 5.74) is 0. The van der Waals surface area contributed by atoms with Crippen molar-refractivity contribution in [2.75, 3.05) is 6.54 Å². The molecule has 0 aliphatic carbocycles. The molecule has 2 unspecified atom stereocenters. The van der Waals surface area contributed by atoms with E-state index in [-0.39, 0.29) is 11.8 Å². The van der Waals surface area contributed by atoms with E-state index in [2.05, 4.69) is 0 Å². The fourth-order valence-corrected chi connectivity index (χ4v) is 2.67. The van der Waals surface area contributed by atoms with Crippen molar-refractivity contribution in [1.82, 2.24) is 4.90 Å². The maximum atomic E-state index is 12.2. The second kappa shape index (κ2) is 5.91. The van der Waals surface area contributed by atoms with Gasteiger partial charge in [-0.3, -0.25) is 4.79 Å². The summed E-state index contributed by atoms with van der Waals surface area (Å²) in [6, 6.07) is 2.92. The van der Waals surface area contributed by atoms with Crippen LogP contribution in [0.25, 0.3) is 0 Å². The molecular formula is C14H19NO4. The van der Waals surface area contributed by atoms with Gasteiger partial charge < -0.3 is 14.4 Å². The second-order valence-corrected chi connectivity index (χ2v) is 5.07. The van der Waals surface area contributed by atoms with Crippen LogP contribution in [0.5, 0.6) is 0 Å². The zero-order valence-electron chi connectivity index (χ0n) is 11.0. The molecule has 2 rings (SSSR count). The molecule has 1 amide bonds. The molecule has 0 aromatic carbocycles. The molecule has 1 aromatic rings. The van der Waals surface area contributed by atoms with Crippen LogP contribution in [0.3, 0.4) is 0 Å². The van der Waals surface area contributed by atoms with Gasteiger partial charge in [0.2, 0.25) is 5.91 Å². The summed E-state index contributed by atoms with van der Waals surface area (Å²) < 4.78 is 5.18. The first-order chi connectivity index (χ1) is 9.09. The van der Waals surface area contributed by atoms with Gasteiger partial charge in [0.15, 0.2) is 0 Å². The largest absolute Gasteiger partial charge is 0.480 e. The molecule has 104 valence electrons. The van der Waals surface area contributed by atoms with Gasteiger partial charge >= 0.3 is 5.97 Å². The number of carbonyl (C=O) groups excluding carboxylic acids is 1. The number of carboxylic acid groups (broad SMARTS) is 1. The van der Waals surface area contributed by atoms with E-state index < -0.39 is 12.0 Å². The summed E-state index contributed by atoms with van der Waals surface area (Å²) in [5.74, 6) is -0.238. The lowest BCUT2D eigenvalue weighted by Gasteiger charge is -2.37. The van der Waals surface area contributed by atoms with Gasteiger partial charge in [-0.05, 0) is 30.9 Å². The third kappa shape index (κ3) is 3.16. The Balaban J connectivity index is 1.97. The zero-order valence-corrected chi connectivity index (χ0v) is 11.0. The number of aliphatic carboxylic acids is 1. The zero-order chi connectivity index (χ0) is 13.8. The topological polar surface area (TPSA) is 70.8 Å². The lowest BCUT2D eigenvalue weighted by Crippen LogP contribution is -2.51. The van der Waals surface area contributed by atoms with Gasteiger partial charge in [0.1, 0.15) is 11.8 Å². The minimum absolute atomic E-state index is 0.0128. The van der Waals surface area contributed by atoms with Crippen molar-refractivity contribution in [3.8, 4) is 0 Å². The Morgan fingerprint density at radius 1 is 1.53 bits per heavy atom. The molecule has 5 heteroatoms. The number of carbonyl (C=O) groups is 2. The fourth-order valence-electron chi connectivity index (χ4n) is 2.67. The number of nitrogens with zero attached hydrogens (tertiary/aromatic N) is 1. The van der Waals surface area contributed by atoms with Crippen LogP contribution in [-0.4, -0.2) is 34.5 Å². The summed E-state index contributed by atoms with van der Waals surface area (Å²) >= 11 is 0. The molecule has 0 bridgehead atoms. The summed E-state index contributed by atoms with van der Waals surface area (Å²) in [6.45, 7) is 2.43. The van der Waals surface area contributed by atoms with E-state index in [9.17, 15) is 14.7 Å². The molecule has 1 aliphatic heterocycles. The van der Waals surface area contributed by atoms with Crippen molar-refractivity contribution in [2.24, 2.45) is 5.92 Å².